The van der Waals surface area contributed by atoms with Gasteiger partial charge < -0.3 is 9.72 Å². The molecule has 0 unspecified atom stereocenters. The second kappa shape index (κ2) is 6.54. The molecule has 6 nitrogen and oxygen atoms in total. The number of benzene rings is 3. The van der Waals surface area contributed by atoms with Gasteiger partial charge in [-0.15, -0.1) is 0 Å². The first-order chi connectivity index (χ1) is 16.6. The Balaban J connectivity index is 1.70. The van der Waals surface area contributed by atoms with E-state index >= 15 is 0 Å². The Morgan fingerprint density at radius 1 is 0.824 bits per heavy atom. The van der Waals surface area contributed by atoms with Crippen LogP contribution in [0.25, 0.3) is 16.8 Å². The third-order valence-electron chi connectivity index (χ3n) is 6.92. The zero-order chi connectivity index (χ0) is 23.0. The largest absolute Gasteiger partial charge is 0.420 e. The summed E-state index contributed by atoms with van der Waals surface area (Å²) in [6.45, 7) is 3.75. The predicted molar refractivity (Wildman–Crippen MR) is 129 cm³/mol. The van der Waals surface area contributed by atoms with E-state index < -0.39 is 5.41 Å². The predicted octanol–water partition coefficient (Wildman–Crippen LogP) is 5.04. The number of nitrogens with zero attached hydrogens (tertiary/aromatic N) is 3. The summed E-state index contributed by atoms with van der Waals surface area (Å²) in [5, 5.41) is 4.91. The van der Waals surface area contributed by atoms with Gasteiger partial charge in [-0.2, -0.15) is 10.1 Å². The molecule has 1 N–H and O–H groups in total. The van der Waals surface area contributed by atoms with Crippen LogP contribution in [-0.2, 0) is 5.41 Å². The van der Waals surface area contributed by atoms with Crippen LogP contribution in [0.4, 0.5) is 0 Å². The summed E-state index contributed by atoms with van der Waals surface area (Å²) in [4.78, 5) is 21.2. The van der Waals surface area contributed by atoms with Crippen molar-refractivity contribution in [2.75, 3.05) is 0 Å². The summed E-state index contributed by atoms with van der Waals surface area (Å²) in [5.74, 6) is 1.40. The molecule has 3 heterocycles. The van der Waals surface area contributed by atoms with Gasteiger partial charge in [0.25, 0.3) is 5.56 Å². The average Bonchev–Trinajstić information content (AvgIpc) is 3.33. The molecule has 2 aromatic heterocycles. The van der Waals surface area contributed by atoms with E-state index in [-0.39, 0.29) is 5.56 Å². The van der Waals surface area contributed by atoms with Gasteiger partial charge in [-0.3, -0.25) is 4.79 Å². The molecule has 7 rings (SSSR count). The molecule has 0 fully saturated rings. The van der Waals surface area contributed by atoms with Crippen LogP contribution in [-0.4, -0.2) is 19.7 Å². The van der Waals surface area contributed by atoms with Crippen LogP contribution in [0.3, 0.4) is 0 Å². The quantitative estimate of drug-likeness (QED) is 0.385. The highest BCUT2D eigenvalue weighted by molar-refractivity contribution is 5.88. The minimum Gasteiger partial charge on any atom is -0.420 e. The van der Waals surface area contributed by atoms with E-state index in [0.29, 0.717) is 23.1 Å². The lowest BCUT2D eigenvalue weighted by Gasteiger charge is -2.36. The molecular formula is C28H20N4O2. The third kappa shape index (κ3) is 2.22. The lowest BCUT2D eigenvalue weighted by molar-refractivity contribution is 0.386. The van der Waals surface area contributed by atoms with E-state index in [0.717, 1.165) is 39.2 Å². The van der Waals surface area contributed by atoms with Gasteiger partial charge in [-0.1, -0.05) is 66.7 Å². The monoisotopic (exact) mass is 444 g/mol. The van der Waals surface area contributed by atoms with Crippen molar-refractivity contribution >= 4 is 0 Å². The molecule has 2 aliphatic rings. The van der Waals surface area contributed by atoms with Crippen molar-refractivity contribution in [3.63, 3.8) is 0 Å². The number of aromatic amines is 1. The van der Waals surface area contributed by atoms with Gasteiger partial charge in [-0.25, -0.2) is 4.68 Å². The molecule has 0 amide bonds. The fourth-order valence-electron chi connectivity index (χ4n) is 5.73. The van der Waals surface area contributed by atoms with Gasteiger partial charge in [-0.05, 0) is 48.2 Å². The second-order valence-electron chi connectivity index (χ2n) is 8.79. The van der Waals surface area contributed by atoms with Crippen LogP contribution in [0, 0.1) is 13.8 Å². The van der Waals surface area contributed by atoms with Gasteiger partial charge in [0.05, 0.1) is 27.9 Å². The van der Waals surface area contributed by atoms with Crippen molar-refractivity contribution in [3.8, 4) is 28.6 Å². The van der Waals surface area contributed by atoms with Crippen LogP contribution in [0.5, 0.6) is 11.8 Å². The molecule has 1 aliphatic heterocycles. The number of nitrogens with one attached hydrogen (secondary N) is 1. The van der Waals surface area contributed by atoms with Gasteiger partial charge in [0.2, 0.25) is 11.8 Å². The third-order valence-corrected chi connectivity index (χ3v) is 6.92. The van der Waals surface area contributed by atoms with E-state index in [4.69, 9.17) is 9.84 Å². The number of hydrogen-bond donors (Lipinski definition) is 1. The maximum absolute atomic E-state index is 13.7. The van der Waals surface area contributed by atoms with Crippen LogP contribution in [0.2, 0.25) is 0 Å². The van der Waals surface area contributed by atoms with Crippen molar-refractivity contribution < 1.29 is 4.74 Å². The molecule has 164 valence electrons. The highest BCUT2D eigenvalue weighted by Gasteiger charge is 2.55. The first-order valence-corrected chi connectivity index (χ1v) is 11.2. The number of para-hydroxylation sites is 1. The van der Waals surface area contributed by atoms with Crippen molar-refractivity contribution in [2.24, 2.45) is 0 Å². The summed E-state index contributed by atoms with van der Waals surface area (Å²) in [5.41, 5.74) is 6.24. The van der Waals surface area contributed by atoms with E-state index in [1.54, 1.807) is 6.92 Å². The first kappa shape index (κ1) is 19.1. The van der Waals surface area contributed by atoms with Crippen LogP contribution < -0.4 is 10.3 Å². The van der Waals surface area contributed by atoms with Gasteiger partial charge in [0.1, 0.15) is 5.82 Å². The Morgan fingerprint density at radius 3 is 2.12 bits per heavy atom. The minimum atomic E-state index is -0.887. The van der Waals surface area contributed by atoms with E-state index in [1.165, 1.54) is 0 Å². The van der Waals surface area contributed by atoms with E-state index in [9.17, 15) is 4.79 Å². The minimum absolute atomic E-state index is 0.202. The molecule has 5 aromatic rings. The zero-order valence-electron chi connectivity index (χ0n) is 18.7. The van der Waals surface area contributed by atoms with E-state index in [2.05, 4.69) is 34.2 Å². The average molecular weight is 444 g/mol. The molecule has 0 atom stereocenters. The topological polar surface area (TPSA) is 72.8 Å². The van der Waals surface area contributed by atoms with Crippen molar-refractivity contribution in [3.05, 3.63) is 123 Å². The van der Waals surface area contributed by atoms with Crippen LogP contribution in [0.1, 0.15) is 33.8 Å². The number of aryl methyl sites for hydroxylation is 2. The molecule has 34 heavy (non-hydrogen) atoms. The number of ether oxygens (including phenoxy) is 1. The zero-order valence-corrected chi connectivity index (χ0v) is 18.7. The SMILES string of the molecule is Cc1nc2c(c(=O)[nH]1)C1(c3ccccc3-c3ccccc31)c1c(C)nn(-c3ccccc3)c1O2. The van der Waals surface area contributed by atoms with E-state index in [1.807, 2.05) is 66.2 Å². The Bertz CT molecular complexity index is 1640. The standard InChI is InChI=1S/C28H20N4O2/c1-16-23-27(32(31-16)18-10-4-3-5-11-18)34-26-24(25(33)29-17(2)30-26)28(23)21-14-8-6-12-19(21)20-13-7-9-15-22(20)28/h3-15H,1-2H3,(H,29,30,33). The molecular weight excluding hydrogens is 424 g/mol. The Morgan fingerprint density at radius 2 is 1.44 bits per heavy atom. The molecule has 1 spiro atoms. The molecule has 0 saturated heterocycles. The molecule has 1 aliphatic carbocycles. The maximum atomic E-state index is 13.7. The van der Waals surface area contributed by atoms with Crippen molar-refractivity contribution in [2.45, 2.75) is 19.3 Å². The summed E-state index contributed by atoms with van der Waals surface area (Å²) in [7, 11) is 0. The fourth-order valence-corrected chi connectivity index (χ4v) is 5.73. The lowest BCUT2D eigenvalue weighted by Crippen LogP contribution is -2.39. The maximum Gasteiger partial charge on any atom is 0.259 e. The number of rotatable bonds is 1. The van der Waals surface area contributed by atoms with Crippen molar-refractivity contribution in [1.29, 1.82) is 0 Å². The lowest BCUT2D eigenvalue weighted by atomic mass is 9.67. The second-order valence-corrected chi connectivity index (χ2v) is 8.79. The highest BCUT2D eigenvalue weighted by atomic mass is 16.5. The summed E-state index contributed by atoms with van der Waals surface area (Å²) in [6.07, 6.45) is 0. The van der Waals surface area contributed by atoms with Gasteiger partial charge >= 0.3 is 0 Å². The van der Waals surface area contributed by atoms with Crippen LogP contribution in [0.15, 0.2) is 83.7 Å². The summed E-state index contributed by atoms with van der Waals surface area (Å²) < 4.78 is 8.25. The Hall–Kier alpha value is -4.45. The molecule has 0 bridgehead atoms. The normalized spacial score (nSPS) is 14.2. The van der Waals surface area contributed by atoms with Gasteiger partial charge in [0.15, 0.2) is 0 Å². The summed E-state index contributed by atoms with van der Waals surface area (Å²) >= 11 is 0. The van der Waals surface area contributed by atoms with Crippen molar-refractivity contribution in [1.82, 2.24) is 19.7 Å². The first-order valence-electron chi connectivity index (χ1n) is 11.2. The molecule has 0 saturated carbocycles. The molecule has 0 radical (unpaired) electrons. The number of hydrogen-bond acceptors (Lipinski definition) is 4. The van der Waals surface area contributed by atoms with Gasteiger partial charge in [0, 0.05) is 0 Å². The molecule has 3 aromatic carbocycles. The number of aromatic nitrogens is 4. The van der Waals surface area contributed by atoms with Crippen LogP contribution >= 0.6 is 0 Å². The number of fused-ring (bicyclic) bond motifs is 9. The highest BCUT2D eigenvalue weighted by Crippen LogP contribution is 2.61. The molecule has 6 heteroatoms. The Kier molecular flexibility index (Phi) is 3.67. The summed E-state index contributed by atoms with van der Waals surface area (Å²) in [6, 6.07) is 26.4. The smallest absolute Gasteiger partial charge is 0.259 e. The number of H-pyrrole nitrogens is 1. The fraction of sp³-hybridized carbons (Fsp3) is 0.107. The Labute approximate surface area is 195 Å².